The van der Waals surface area contributed by atoms with E-state index in [-0.39, 0.29) is 35.6 Å². The van der Waals surface area contributed by atoms with Gasteiger partial charge in [-0.2, -0.15) is 0 Å². The number of ether oxygens (including phenoxy) is 5. The fraction of sp³-hybridized carbons (Fsp3) is 0.340. The number of hydrogen-bond donors (Lipinski definition) is 3. The highest BCUT2D eigenvalue weighted by Gasteiger charge is 2.75. The zero-order chi connectivity index (χ0) is 48.2. The zero-order valence-corrected chi connectivity index (χ0v) is 37.4. The molecule has 3 aliphatic rings. The molecule has 7 unspecified atom stereocenters. The molecule has 67 heavy (non-hydrogen) atoms. The Morgan fingerprint density at radius 1 is 0.821 bits per heavy atom. The maximum Gasteiger partial charge on any atom is 0.329 e. The van der Waals surface area contributed by atoms with Crippen molar-refractivity contribution in [3.05, 3.63) is 131 Å². The average Bonchev–Trinajstić information content (AvgIpc) is 3.80. The Labute approximate surface area is 386 Å². The van der Waals surface area contributed by atoms with E-state index in [0.29, 0.717) is 16.7 Å². The highest BCUT2D eigenvalue weighted by atomic mass is 16.6. The first-order valence-corrected chi connectivity index (χ1v) is 21.5. The molecule has 0 bridgehead atoms. The number of urea groups is 1. The van der Waals surface area contributed by atoms with Gasteiger partial charge in [-0.25, -0.2) is 14.5 Å². The molecule has 4 amide bonds. The second-order valence-corrected chi connectivity index (χ2v) is 16.4. The number of carbonyl (C=O) groups is 7. The van der Waals surface area contributed by atoms with Gasteiger partial charge < -0.3 is 39.8 Å². The second-order valence-electron chi connectivity index (χ2n) is 16.4. The van der Waals surface area contributed by atoms with Crippen LogP contribution in [0.1, 0.15) is 66.3 Å². The van der Waals surface area contributed by atoms with Crippen molar-refractivity contribution in [3.8, 4) is 17.6 Å². The number of rotatable bonds is 13. The van der Waals surface area contributed by atoms with Gasteiger partial charge in [-0.15, -0.1) is 0 Å². The molecule has 4 aromatic rings. The summed E-state index contributed by atoms with van der Waals surface area (Å²) in [6.07, 6.45) is -1.36. The van der Waals surface area contributed by atoms with Gasteiger partial charge in [-0.3, -0.25) is 28.9 Å². The number of anilines is 1. The maximum absolute atomic E-state index is 16.3. The molecule has 0 aliphatic carbocycles. The lowest BCUT2D eigenvalue weighted by Gasteiger charge is -2.46. The van der Waals surface area contributed by atoms with E-state index in [1.807, 2.05) is 24.3 Å². The van der Waals surface area contributed by atoms with E-state index < -0.39 is 102 Å². The number of methoxy groups -OCH3 is 3. The van der Waals surface area contributed by atoms with Crippen LogP contribution in [0.2, 0.25) is 0 Å². The number of aliphatic hydroxyl groups is 1. The fourth-order valence-electron chi connectivity index (χ4n) is 9.60. The molecular formula is C50H50N4O13. The van der Waals surface area contributed by atoms with Gasteiger partial charge in [-0.1, -0.05) is 105 Å². The number of imide groups is 1. The Bertz CT molecular complexity index is 2610. The van der Waals surface area contributed by atoms with E-state index in [2.05, 4.69) is 17.2 Å². The molecule has 7 rings (SSSR count). The van der Waals surface area contributed by atoms with Crippen LogP contribution in [0.5, 0.6) is 5.75 Å². The van der Waals surface area contributed by atoms with Crippen molar-refractivity contribution in [2.75, 3.05) is 39.4 Å². The number of nitrogens with two attached hydrogens (primary N) is 1. The summed E-state index contributed by atoms with van der Waals surface area (Å²) < 4.78 is 27.1. The number of nitrogens with one attached hydrogen (secondary N) is 1. The van der Waals surface area contributed by atoms with Gasteiger partial charge in [0.05, 0.1) is 51.6 Å². The van der Waals surface area contributed by atoms with Crippen LogP contribution in [0, 0.1) is 29.6 Å². The van der Waals surface area contributed by atoms with Crippen LogP contribution in [-0.2, 0) is 53.1 Å². The van der Waals surface area contributed by atoms with Crippen LogP contribution >= 0.6 is 0 Å². The minimum Gasteiger partial charge on any atom is -0.491 e. The largest absolute Gasteiger partial charge is 0.491 e. The zero-order valence-electron chi connectivity index (χ0n) is 37.4. The number of fused-ring (bicyclic) bond motifs is 3. The molecule has 17 nitrogen and oxygen atoms in total. The second kappa shape index (κ2) is 19.9. The van der Waals surface area contributed by atoms with Crippen LogP contribution in [0.25, 0.3) is 0 Å². The first-order valence-electron chi connectivity index (χ1n) is 21.5. The van der Waals surface area contributed by atoms with Gasteiger partial charge >= 0.3 is 29.9 Å². The van der Waals surface area contributed by atoms with E-state index in [1.165, 1.54) is 18.2 Å². The van der Waals surface area contributed by atoms with Crippen LogP contribution in [0.15, 0.2) is 103 Å². The normalized spacial score (nSPS) is 22.2. The Morgan fingerprint density at radius 2 is 1.43 bits per heavy atom. The van der Waals surface area contributed by atoms with Crippen molar-refractivity contribution in [1.82, 2.24) is 10.2 Å². The number of cyclic esters (lactones) is 1. The van der Waals surface area contributed by atoms with E-state index >= 15 is 9.59 Å². The molecule has 4 N–H and O–H groups in total. The SMILES string of the molecule is COC(=O)C(CC#Cc1ccc2c(c1)C1(C(=O)N2C(=O)NC(C(=O)OC)C(C)C)C(C(N)=O)C2C(=O)OC(c3ccccc3)C(c3ccccc3)N2C1c1ccccc1OCCO)C(=O)OC. The van der Waals surface area contributed by atoms with Crippen molar-refractivity contribution in [3.63, 3.8) is 0 Å². The quantitative estimate of drug-likeness (QED) is 0.0750. The summed E-state index contributed by atoms with van der Waals surface area (Å²) in [5, 5.41) is 12.6. The molecule has 0 radical (unpaired) electrons. The third-order valence-electron chi connectivity index (χ3n) is 12.4. The highest BCUT2D eigenvalue weighted by Crippen LogP contribution is 2.66. The number of hydrogen-bond acceptors (Lipinski definition) is 14. The first-order chi connectivity index (χ1) is 32.3. The summed E-state index contributed by atoms with van der Waals surface area (Å²) in [4.78, 5) is 101. The number of nitrogens with zero attached hydrogens (tertiary/aromatic N) is 2. The summed E-state index contributed by atoms with van der Waals surface area (Å²) >= 11 is 0. The Hall–Kier alpha value is -7.55. The number of esters is 4. The highest BCUT2D eigenvalue weighted by molar-refractivity contribution is 6.25. The monoisotopic (exact) mass is 914 g/mol. The lowest BCUT2D eigenvalue weighted by molar-refractivity contribution is -0.178. The molecule has 2 saturated heterocycles. The van der Waals surface area contributed by atoms with E-state index in [4.69, 9.17) is 29.4 Å². The summed E-state index contributed by atoms with van der Waals surface area (Å²) in [5.74, 6) is -3.21. The van der Waals surface area contributed by atoms with Crippen LogP contribution < -0.4 is 20.7 Å². The summed E-state index contributed by atoms with van der Waals surface area (Å²) in [7, 11) is 3.40. The third-order valence-corrected chi connectivity index (χ3v) is 12.4. The molecule has 348 valence electrons. The molecule has 7 atom stereocenters. The molecule has 3 heterocycles. The van der Waals surface area contributed by atoms with Gasteiger partial charge in [0, 0.05) is 17.5 Å². The maximum atomic E-state index is 16.3. The van der Waals surface area contributed by atoms with Crippen molar-refractivity contribution in [2.45, 2.75) is 56.0 Å². The molecule has 4 aromatic carbocycles. The molecule has 2 fully saturated rings. The Balaban J connectivity index is 1.56. The smallest absolute Gasteiger partial charge is 0.329 e. The standard InChI is InChI=1S/C50H50N4O13/c1-28(2)38(46(59)65-5)52-49(62)53-35-24-23-29(15-14-21-33(44(57)63-3)45(58)64-4)27-34(35)50(48(53)61)37(43(51)56)40-47(60)67-41(31-18-10-7-11-19-31)39(30-16-8-6-9-17-30)54(40)42(50)32-20-12-13-22-36(32)66-26-25-55/h6-13,16-20,22-24,27-28,33,37-42,55H,21,25-26H2,1-5H3,(H2,51,56)(H,52,62). The van der Waals surface area contributed by atoms with Gasteiger partial charge in [0.25, 0.3) is 0 Å². The minimum absolute atomic E-state index is 0.0310. The molecule has 0 aromatic heterocycles. The average molecular weight is 915 g/mol. The number of benzene rings is 4. The predicted molar refractivity (Wildman–Crippen MR) is 238 cm³/mol. The molecule has 3 aliphatic heterocycles. The fourth-order valence-corrected chi connectivity index (χ4v) is 9.60. The number of primary amides is 1. The van der Waals surface area contributed by atoms with E-state index in [0.717, 1.165) is 26.2 Å². The lowest BCUT2D eigenvalue weighted by atomic mass is 9.65. The van der Waals surface area contributed by atoms with Crippen molar-refractivity contribution in [2.24, 2.45) is 23.5 Å². The third kappa shape index (κ3) is 8.45. The number of aliphatic hydroxyl groups excluding tert-OH is 1. The summed E-state index contributed by atoms with van der Waals surface area (Å²) in [5.41, 5.74) is 5.94. The Kier molecular flexibility index (Phi) is 14.1. The number of para-hydroxylation sites is 1. The number of amides is 4. The summed E-state index contributed by atoms with van der Waals surface area (Å²) in [6.45, 7) is 2.78. The Morgan fingerprint density at radius 3 is 2.03 bits per heavy atom. The molecule has 1 spiro atoms. The van der Waals surface area contributed by atoms with Crippen molar-refractivity contribution in [1.29, 1.82) is 0 Å². The number of carbonyl (C=O) groups excluding carboxylic acids is 7. The molecule has 17 heteroatoms. The van der Waals surface area contributed by atoms with Crippen LogP contribution in [-0.4, -0.2) is 98.4 Å². The van der Waals surface area contributed by atoms with Gasteiger partial charge in [0.1, 0.15) is 36.0 Å². The van der Waals surface area contributed by atoms with Gasteiger partial charge in [-0.05, 0) is 46.9 Å². The van der Waals surface area contributed by atoms with Gasteiger partial charge in [0.15, 0.2) is 5.92 Å². The van der Waals surface area contributed by atoms with E-state index in [9.17, 15) is 29.1 Å². The van der Waals surface area contributed by atoms with Crippen molar-refractivity contribution >= 4 is 47.4 Å². The lowest BCUT2D eigenvalue weighted by Crippen LogP contribution is -2.57. The van der Waals surface area contributed by atoms with Gasteiger partial charge in [0.2, 0.25) is 11.8 Å². The molecular weight excluding hydrogens is 865 g/mol. The number of morpholine rings is 1. The van der Waals surface area contributed by atoms with Crippen LogP contribution in [0.4, 0.5) is 10.5 Å². The first kappa shape index (κ1) is 47.4. The van der Waals surface area contributed by atoms with Crippen LogP contribution in [0.3, 0.4) is 0 Å². The summed E-state index contributed by atoms with van der Waals surface area (Å²) in [6, 6.07) is 23.0. The minimum atomic E-state index is -2.28. The molecule has 0 saturated carbocycles. The van der Waals surface area contributed by atoms with Crippen molar-refractivity contribution < 1.29 is 62.4 Å². The topological polar surface area (TPSA) is 230 Å². The van der Waals surface area contributed by atoms with E-state index in [1.54, 1.807) is 79.4 Å². The predicted octanol–water partition coefficient (Wildman–Crippen LogP) is 3.82.